The average molecular weight is 170 g/mol. The average Bonchev–Trinajstić information content (AvgIpc) is 2.01. The second kappa shape index (κ2) is 6.58. The summed E-state index contributed by atoms with van der Waals surface area (Å²) in [5, 5.41) is 0. The second-order valence-electron chi connectivity index (χ2n) is 2.47. The number of hydrogen-bond donors (Lipinski definition) is 0. The molecule has 0 bridgehead atoms. The second-order valence-corrected chi connectivity index (χ2v) is 2.47. The van der Waals surface area contributed by atoms with Crippen molar-refractivity contribution in [3.8, 4) is 0 Å². The molecule has 0 heterocycles. The molecule has 0 radical (unpaired) electrons. The summed E-state index contributed by atoms with van der Waals surface area (Å²) in [6.45, 7) is 3.18. The molecule has 0 saturated heterocycles. The summed E-state index contributed by atoms with van der Waals surface area (Å²) in [5.41, 5.74) is 0. The fourth-order valence-corrected chi connectivity index (χ4v) is 0.622. The van der Waals surface area contributed by atoms with Gasteiger partial charge in [-0.05, 0) is 20.3 Å². The summed E-state index contributed by atoms with van der Waals surface area (Å²) in [7, 11) is 0. The highest BCUT2D eigenvalue weighted by Crippen LogP contribution is 1.94. The predicted molar refractivity (Wildman–Crippen MR) is 45.7 cm³/mol. The summed E-state index contributed by atoms with van der Waals surface area (Å²) < 4.78 is 4.63. The normalized spacial score (nSPS) is 10.2. The molecule has 0 aromatic rings. The van der Waals surface area contributed by atoms with Crippen molar-refractivity contribution in [2.24, 2.45) is 0 Å². The molecule has 0 aromatic carbocycles. The Labute approximate surface area is 72.4 Å². The summed E-state index contributed by atoms with van der Waals surface area (Å²) in [6.07, 6.45) is 4.78. The summed E-state index contributed by atoms with van der Waals surface area (Å²) in [4.78, 5) is 21.2. The van der Waals surface area contributed by atoms with Crippen LogP contribution in [0.25, 0.3) is 0 Å². The summed E-state index contributed by atoms with van der Waals surface area (Å²) >= 11 is 0. The van der Waals surface area contributed by atoms with Gasteiger partial charge in [0.25, 0.3) is 0 Å². The van der Waals surface area contributed by atoms with Crippen LogP contribution < -0.4 is 0 Å². The molecule has 0 atom stereocenters. The number of allylic oxidation sites excluding steroid dienone is 2. The van der Waals surface area contributed by atoms with Crippen LogP contribution in [0.1, 0.15) is 26.7 Å². The van der Waals surface area contributed by atoms with Crippen LogP contribution in [0.4, 0.5) is 0 Å². The molecule has 0 rings (SSSR count). The SMILES string of the molecule is CC=CCCC(=O)OCC(C)=O. The number of ketones is 1. The molecular formula is C9H14O3. The van der Waals surface area contributed by atoms with Gasteiger partial charge in [-0.3, -0.25) is 9.59 Å². The predicted octanol–water partition coefficient (Wildman–Crippen LogP) is 1.47. The van der Waals surface area contributed by atoms with E-state index >= 15 is 0 Å². The van der Waals surface area contributed by atoms with Gasteiger partial charge in [-0.25, -0.2) is 0 Å². The van der Waals surface area contributed by atoms with Gasteiger partial charge in [-0.1, -0.05) is 12.2 Å². The molecule has 0 aliphatic heterocycles. The Kier molecular flexibility index (Phi) is 5.97. The van der Waals surface area contributed by atoms with Crippen molar-refractivity contribution in [1.29, 1.82) is 0 Å². The molecule has 0 aromatic heterocycles. The third kappa shape index (κ3) is 6.99. The zero-order chi connectivity index (χ0) is 9.40. The Hall–Kier alpha value is -1.12. The number of rotatable bonds is 5. The summed E-state index contributed by atoms with van der Waals surface area (Å²) in [5.74, 6) is -0.447. The van der Waals surface area contributed by atoms with E-state index < -0.39 is 0 Å². The van der Waals surface area contributed by atoms with Gasteiger partial charge < -0.3 is 4.74 Å². The van der Waals surface area contributed by atoms with Crippen molar-refractivity contribution in [1.82, 2.24) is 0 Å². The topological polar surface area (TPSA) is 43.4 Å². The van der Waals surface area contributed by atoms with Crippen LogP contribution in [-0.4, -0.2) is 18.4 Å². The van der Waals surface area contributed by atoms with E-state index in [1.807, 2.05) is 19.1 Å². The zero-order valence-electron chi connectivity index (χ0n) is 7.50. The van der Waals surface area contributed by atoms with Crippen molar-refractivity contribution >= 4 is 11.8 Å². The molecular weight excluding hydrogens is 156 g/mol. The van der Waals surface area contributed by atoms with Crippen LogP contribution in [0.3, 0.4) is 0 Å². The van der Waals surface area contributed by atoms with Crippen LogP contribution in [0.15, 0.2) is 12.2 Å². The molecule has 0 unspecified atom stereocenters. The van der Waals surface area contributed by atoms with Gasteiger partial charge in [0, 0.05) is 6.42 Å². The minimum Gasteiger partial charge on any atom is -0.458 e. The highest BCUT2D eigenvalue weighted by atomic mass is 16.5. The number of ether oxygens (including phenoxy) is 1. The monoisotopic (exact) mass is 170 g/mol. The molecule has 68 valence electrons. The van der Waals surface area contributed by atoms with Gasteiger partial charge >= 0.3 is 5.97 Å². The van der Waals surface area contributed by atoms with Gasteiger partial charge in [-0.15, -0.1) is 0 Å². The van der Waals surface area contributed by atoms with Crippen molar-refractivity contribution in [3.63, 3.8) is 0 Å². The maximum atomic E-state index is 10.8. The Morgan fingerprint density at radius 3 is 2.58 bits per heavy atom. The first-order valence-electron chi connectivity index (χ1n) is 3.93. The van der Waals surface area contributed by atoms with Crippen molar-refractivity contribution in [3.05, 3.63) is 12.2 Å². The maximum Gasteiger partial charge on any atom is 0.306 e. The van der Waals surface area contributed by atoms with Gasteiger partial charge in [0.2, 0.25) is 0 Å². The summed E-state index contributed by atoms with van der Waals surface area (Å²) in [6, 6.07) is 0. The van der Waals surface area contributed by atoms with Gasteiger partial charge in [0.1, 0.15) is 6.61 Å². The van der Waals surface area contributed by atoms with Crippen molar-refractivity contribution in [2.45, 2.75) is 26.7 Å². The highest BCUT2D eigenvalue weighted by molar-refractivity contribution is 5.80. The molecule has 0 N–H and O–H groups in total. The van der Waals surface area contributed by atoms with Gasteiger partial charge in [0.05, 0.1) is 0 Å². The van der Waals surface area contributed by atoms with E-state index in [-0.39, 0.29) is 18.4 Å². The van der Waals surface area contributed by atoms with Crippen molar-refractivity contribution < 1.29 is 14.3 Å². The van der Waals surface area contributed by atoms with E-state index in [1.165, 1.54) is 6.92 Å². The lowest BCUT2D eigenvalue weighted by atomic mass is 10.3. The third-order valence-electron chi connectivity index (χ3n) is 1.19. The minimum atomic E-state index is -0.316. The molecule has 0 spiro atoms. The molecule has 12 heavy (non-hydrogen) atoms. The number of esters is 1. The highest BCUT2D eigenvalue weighted by Gasteiger charge is 2.01. The van der Waals surface area contributed by atoms with Crippen LogP contribution in [0.2, 0.25) is 0 Å². The molecule has 0 aliphatic carbocycles. The Morgan fingerprint density at radius 1 is 1.42 bits per heavy atom. The molecule has 0 amide bonds. The fraction of sp³-hybridized carbons (Fsp3) is 0.556. The molecule has 3 nitrogen and oxygen atoms in total. The molecule has 3 heteroatoms. The van der Waals surface area contributed by atoms with E-state index in [4.69, 9.17) is 0 Å². The maximum absolute atomic E-state index is 10.8. The van der Waals surface area contributed by atoms with Gasteiger partial charge in [-0.2, -0.15) is 0 Å². The molecule has 0 aliphatic rings. The first-order valence-corrected chi connectivity index (χ1v) is 3.93. The van der Waals surface area contributed by atoms with E-state index in [1.54, 1.807) is 0 Å². The van der Waals surface area contributed by atoms with Crippen molar-refractivity contribution in [2.75, 3.05) is 6.61 Å². The lowest BCUT2D eigenvalue weighted by molar-refractivity contribution is -0.147. The Morgan fingerprint density at radius 2 is 2.08 bits per heavy atom. The van der Waals surface area contributed by atoms with E-state index in [0.717, 1.165) is 0 Å². The Bertz CT molecular complexity index is 182. The first-order chi connectivity index (χ1) is 5.66. The lowest BCUT2D eigenvalue weighted by Gasteiger charge is -1.99. The van der Waals surface area contributed by atoms with E-state index in [0.29, 0.717) is 12.8 Å². The largest absolute Gasteiger partial charge is 0.458 e. The molecule has 0 saturated carbocycles. The first kappa shape index (κ1) is 10.9. The van der Waals surface area contributed by atoms with Gasteiger partial charge in [0.15, 0.2) is 5.78 Å². The minimum absolute atomic E-state index is 0.103. The van der Waals surface area contributed by atoms with Crippen LogP contribution in [-0.2, 0) is 14.3 Å². The Balaban J connectivity index is 3.40. The fourth-order valence-electron chi connectivity index (χ4n) is 0.622. The van der Waals surface area contributed by atoms with E-state index in [9.17, 15) is 9.59 Å². The quantitative estimate of drug-likeness (QED) is 0.463. The number of carbonyl (C=O) groups is 2. The smallest absolute Gasteiger partial charge is 0.306 e. The van der Waals surface area contributed by atoms with E-state index in [2.05, 4.69) is 4.74 Å². The molecule has 0 fully saturated rings. The number of hydrogen-bond acceptors (Lipinski definition) is 3. The third-order valence-corrected chi connectivity index (χ3v) is 1.19. The van der Waals surface area contributed by atoms with Crippen LogP contribution in [0, 0.1) is 0 Å². The van der Waals surface area contributed by atoms with Crippen LogP contribution >= 0.6 is 0 Å². The number of Topliss-reactive ketones (excluding diaryl/α,β-unsaturated/α-hetero) is 1. The zero-order valence-corrected chi connectivity index (χ0v) is 7.50. The number of carbonyl (C=O) groups excluding carboxylic acids is 2. The van der Waals surface area contributed by atoms with Crippen LogP contribution in [0.5, 0.6) is 0 Å². The lowest BCUT2D eigenvalue weighted by Crippen LogP contribution is -2.10. The standard InChI is InChI=1S/C9H14O3/c1-3-4-5-6-9(11)12-7-8(2)10/h3-4H,5-7H2,1-2H3.